The van der Waals surface area contributed by atoms with Crippen LogP contribution in [0.3, 0.4) is 0 Å². The zero-order chi connectivity index (χ0) is 20.5. The fourth-order valence-corrected chi connectivity index (χ4v) is 5.08. The lowest BCUT2D eigenvalue weighted by atomic mass is 9.77. The first-order valence-electron chi connectivity index (χ1n) is 11.0. The Labute approximate surface area is 176 Å². The van der Waals surface area contributed by atoms with E-state index in [4.69, 9.17) is 9.47 Å². The van der Waals surface area contributed by atoms with Crippen LogP contribution in [0.5, 0.6) is 0 Å². The van der Waals surface area contributed by atoms with Gasteiger partial charge >= 0.3 is 0 Å². The molecule has 162 valence electrons. The predicted molar refractivity (Wildman–Crippen MR) is 108 cm³/mol. The number of likely N-dealkylation sites (tertiary alicyclic amines) is 1. The Hall–Kier alpha value is -1.90. The molecule has 2 aromatic rings. The van der Waals surface area contributed by atoms with E-state index in [0.29, 0.717) is 25.0 Å². The van der Waals surface area contributed by atoms with E-state index >= 15 is 0 Å². The molecule has 1 saturated heterocycles. The molecule has 2 saturated carbocycles. The number of hydrogen-bond acceptors (Lipinski definition) is 6. The highest BCUT2D eigenvalue weighted by molar-refractivity contribution is 5.13. The molecular formula is C22H30FN5O2. The molecule has 2 aromatic heterocycles. The van der Waals surface area contributed by atoms with Crippen molar-refractivity contribution >= 4 is 0 Å². The maximum atomic E-state index is 14.1. The van der Waals surface area contributed by atoms with Crippen LogP contribution in [0.25, 0.3) is 0 Å². The Morgan fingerprint density at radius 3 is 2.80 bits per heavy atom. The molecule has 30 heavy (non-hydrogen) atoms. The number of pyridine rings is 1. The Morgan fingerprint density at radius 2 is 2.03 bits per heavy atom. The third-order valence-corrected chi connectivity index (χ3v) is 6.84. The van der Waals surface area contributed by atoms with Crippen LogP contribution >= 0.6 is 0 Å². The maximum Gasteiger partial charge on any atom is 0.145 e. The first kappa shape index (κ1) is 20.0. The first-order chi connectivity index (χ1) is 14.7. The van der Waals surface area contributed by atoms with Crippen molar-refractivity contribution in [2.45, 2.75) is 51.0 Å². The summed E-state index contributed by atoms with van der Waals surface area (Å²) in [6.45, 7) is 3.94. The molecule has 8 heteroatoms. The van der Waals surface area contributed by atoms with Gasteiger partial charge in [-0.2, -0.15) is 0 Å². The maximum absolute atomic E-state index is 14.1. The SMILES string of the molecule is COCc1cn([C@@H]2C[C@@H]3CN(Cc4ccncc4F)C[C@@H]3C[C@H]2OCC2CC2)nn1. The van der Waals surface area contributed by atoms with Crippen molar-refractivity contribution in [1.82, 2.24) is 24.9 Å². The summed E-state index contributed by atoms with van der Waals surface area (Å²) in [7, 11) is 1.67. The summed E-state index contributed by atoms with van der Waals surface area (Å²) in [5.41, 5.74) is 1.57. The third-order valence-electron chi connectivity index (χ3n) is 6.84. The fourth-order valence-electron chi connectivity index (χ4n) is 5.08. The monoisotopic (exact) mass is 415 g/mol. The smallest absolute Gasteiger partial charge is 0.145 e. The summed E-state index contributed by atoms with van der Waals surface area (Å²) < 4.78 is 27.7. The van der Waals surface area contributed by atoms with Crippen molar-refractivity contribution in [3.8, 4) is 0 Å². The lowest BCUT2D eigenvalue weighted by Crippen LogP contribution is -2.38. The van der Waals surface area contributed by atoms with E-state index in [9.17, 15) is 4.39 Å². The van der Waals surface area contributed by atoms with E-state index in [-0.39, 0.29) is 18.0 Å². The standard InChI is InChI=1S/C22H30FN5O2/c1-29-14-19-12-28(26-25-19)21-6-17-10-27(9-16-4-5-24-8-20(16)23)11-18(17)7-22(21)30-13-15-2-3-15/h4-5,8,12,15,17-18,21-22H,2-3,6-7,9-11,13-14H2,1H3/t17-,18+,21-,22-/m1/s1. The Bertz CT molecular complexity index is 858. The number of nitrogens with zero attached hydrogens (tertiary/aromatic N) is 5. The largest absolute Gasteiger partial charge is 0.378 e. The average molecular weight is 416 g/mol. The number of hydrogen-bond donors (Lipinski definition) is 0. The first-order valence-corrected chi connectivity index (χ1v) is 11.0. The summed E-state index contributed by atoms with van der Waals surface area (Å²) in [5.74, 6) is 1.66. The van der Waals surface area contributed by atoms with Gasteiger partial charge in [-0.05, 0) is 49.5 Å². The number of rotatable bonds is 8. The van der Waals surface area contributed by atoms with Gasteiger partial charge in [-0.25, -0.2) is 9.07 Å². The zero-order valence-corrected chi connectivity index (χ0v) is 17.5. The lowest BCUT2D eigenvalue weighted by Gasteiger charge is -2.37. The topological polar surface area (TPSA) is 65.3 Å². The van der Waals surface area contributed by atoms with Crippen molar-refractivity contribution in [3.05, 3.63) is 41.7 Å². The van der Waals surface area contributed by atoms with E-state index in [2.05, 4.69) is 20.2 Å². The molecule has 7 nitrogen and oxygen atoms in total. The number of halogens is 1. The molecule has 0 amide bonds. The van der Waals surface area contributed by atoms with Crippen LogP contribution in [0.4, 0.5) is 4.39 Å². The van der Waals surface area contributed by atoms with Gasteiger partial charge in [0.25, 0.3) is 0 Å². The van der Waals surface area contributed by atoms with Crippen LogP contribution in [0.2, 0.25) is 0 Å². The molecule has 0 bridgehead atoms. The summed E-state index contributed by atoms with van der Waals surface area (Å²) in [6, 6.07) is 1.98. The van der Waals surface area contributed by atoms with E-state index < -0.39 is 0 Å². The highest BCUT2D eigenvalue weighted by Gasteiger charge is 2.44. The second kappa shape index (κ2) is 8.69. The number of ether oxygens (including phenoxy) is 2. The van der Waals surface area contributed by atoms with Crippen molar-refractivity contribution in [3.63, 3.8) is 0 Å². The van der Waals surface area contributed by atoms with Crippen molar-refractivity contribution in [2.75, 3.05) is 26.8 Å². The van der Waals surface area contributed by atoms with Gasteiger partial charge in [0.05, 0.1) is 31.1 Å². The van der Waals surface area contributed by atoms with Crippen LogP contribution in [0.1, 0.15) is 43.0 Å². The van der Waals surface area contributed by atoms with E-state index in [1.807, 2.05) is 10.9 Å². The van der Waals surface area contributed by atoms with Crippen LogP contribution in [-0.2, 0) is 22.6 Å². The van der Waals surface area contributed by atoms with Gasteiger partial charge in [0, 0.05) is 45.1 Å². The van der Waals surface area contributed by atoms with Crippen LogP contribution in [0, 0.1) is 23.6 Å². The van der Waals surface area contributed by atoms with Crippen LogP contribution < -0.4 is 0 Å². The molecule has 0 unspecified atom stereocenters. The van der Waals surface area contributed by atoms with Crippen molar-refractivity contribution in [2.24, 2.45) is 17.8 Å². The lowest BCUT2D eigenvalue weighted by molar-refractivity contribution is -0.0376. The minimum absolute atomic E-state index is 0.154. The molecule has 4 atom stereocenters. The van der Waals surface area contributed by atoms with Crippen LogP contribution in [-0.4, -0.2) is 57.8 Å². The highest BCUT2D eigenvalue weighted by Crippen LogP contribution is 2.43. The molecule has 1 aliphatic heterocycles. The van der Waals surface area contributed by atoms with Gasteiger partial charge in [0.15, 0.2) is 0 Å². The second-order valence-corrected chi connectivity index (χ2v) is 9.16. The normalized spacial score (nSPS) is 29.3. The molecule has 5 rings (SSSR count). The van der Waals surface area contributed by atoms with Crippen molar-refractivity contribution < 1.29 is 13.9 Å². The minimum Gasteiger partial charge on any atom is -0.378 e. The highest BCUT2D eigenvalue weighted by atomic mass is 19.1. The minimum atomic E-state index is -0.218. The van der Waals surface area contributed by atoms with Gasteiger partial charge in [-0.15, -0.1) is 5.10 Å². The van der Waals surface area contributed by atoms with Crippen LogP contribution in [0.15, 0.2) is 24.7 Å². The summed E-state index contributed by atoms with van der Waals surface area (Å²) in [5, 5.41) is 8.66. The summed E-state index contributed by atoms with van der Waals surface area (Å²) in [4.78, 5) is 6.25. The number of fused-ring (bicyclic) bond motifs is 1. The second-order valence-electron chi connectivity index (χ2n) is 9.16. The van der Waals surface area contributed by atoms with E-state index in [0.717, 1.165) is 49.7 Å². The average Bonchev–Trinajstić information content (AvgIpc) is 3.31. The molecular weight excluding hydrogens is 385 g/mol. The Morgan fingerprint density at radius 1 is 1.20 bits per heavy atom. The predicted octanol–water partition coefficient (Wildman–Crippen LogP) is 2.84. The van der Waals surface area contributed by atoms with Gasteiger partial charge in [-0.3, -0.25) is 9.88 Å². The molecule has 0 radical (unpaired) electrons. The van der Waals surface area contributed by atoms with E-state index in [1.54, 1.807) is 19.4 Å². The molecule has 0 spiro atoms. The Kier molecular flexibility index (Phi) is 5.80. The van der Waals surface area contributed by atoms with Gasteiger partial charge in [0.2, 0.25) is 0 Å². The molecule has 2 aliphatic carbocycles. The van der Waals surface area contributed by atoms with Gasteiger partial charge in [0.1, 0.15) is 11.5 Å². The Balaban J connectivity index is 1.29. The summed E-state index contributed by atoms with van der Waals surface area (Å²) in [6.07, 6.45) is 9.75. The summed E-state index contributed by atoms with van der Waals surface area (Å²) >= 11 is 0. The number of aromatic nitrogens is 4. The molecule has 3 aliphatic rings. The zero-order valence-electron chi connectivity index (χ0n) is 17.5. The quantitative estimate of drug-likeness (QED) is 0.661. The molecule has 0 aromatic carbocycles. The van der Waals surface area contributed by atoms with Gasteiger partial charge < -0.3 is 9.47 Å². The third kappa shape index (κ3) is 4.40. The van der Waals surface area contributed by atoms with Gasteiger partial charge in [-0.1, -0.05) is 5.21 Å². The molecule has 3 heterocycles. The molecule has 0 N–H and O–H groups in total. The number of methoxy groups -OCH3 is 1. The van der Waals surface area contributed by atoms with E-state index in [1.165, 1.54) is 19.0 Å². The molecule has 3 fully saturated rings. The van der Waals surface area contributed by atoms with Crippen molar-refractivity contribution in [1.29, 1.82) is 0 Å². The fraction of sp³-hybridized carbons (Fsp3) is 0.682.